The van der Waals surface area contributed by atoms with Crippen LogP contribution in [0, 0.1) is 0 Å². The average Bonchev–Trinajstić information content (AvgIpc) is 3.49. The van der Waals surface area contributed by atoms with Crippen molar-refractivity contribution in [2.24, 2.45) is 0 Å². The Morgan fingerprint density at radius 3 is 2.64 bits per heavy atom. The van der Waals surface area contributed by atoms with E-state index in [9.17, 15) is 0 Å². The normalized spacial score (nSPS) is 16.1. The van der Waals surface area contributed by atoms with Crippen LogP contribution in [0.15, 0.2) is 85.3 Å². The summed E-state index contributed by atoms with van der Waals surface area (Å²) in [4.78, 5) is 15.6. The smallest absolute Gasteiger partial charge is 0.127 e. The lowest BCUT2D eigenvalue weighted by molar-refractivity contribution is 0.193. The Kier molecular flexibility index (Phi) is 4.92. The predicted molar refractivity (Wildman–Crippen MR) is 129 cm³/mol. The van der Waals surface area contributed by atoms with E-state index in [4.69, 9.17) is 14.7 Å². The number of aromatic nitrogens is 4. The van der Waals surface area contributed by atoms with Crippen molar-refractivity contribution >= 4 is 10.9 Å². The van der Waals surface area contributed by atoms with Crippen LogP contribution in [0.25, 0.3) is 16.6 Å². The molecule has 1 N–H and O–H groups in total. The Balaban J connectivity index is 1.39. The minimum Gasteiger partial charge on any atom is -0.497 e. The number of nitrogens with zero attached hydrogens (tertiary/aromatic N) is 4. The van der Waals surface area contributed by atoms with Gasteiger partial charge in [0, 0.05) is 47.4 Å². The largest absolute Gasteiger partial charge is 0.497 e. The molecule has 1 unspecified atom stereocenters. The first-order chi connectivity index (χ1) is 16.3. The van der Waals surface area contributed by atoms with Crippen LogP contribution in [0.5, 0.6) is 5.75 Å². The first-order valence-electron chi connectivity index (χ1n) is 11.2. The molecule has 33 heavy (non-hydrogen) atoms. The molecule has 1 aliphatic heterocycles. The highest BCUT2D eigenvalue weighted by atomic mass is 16.5. The molecule has 0 radical (unpaired) electrons. The molecule has 0 bridgehead atoms. The molecular formula is C27H25N5O. The van der Waals surface area contributed by atoms with Crippen molar-refractivity contribution in [3.05, 3.63) is 108 Å². The fourth-order valence-electron chi connectivity index (χ4n) is 4.94. The van der Waals surface area contributed by atoms with Crippen molar-refractivity contribution in [3.63, 3.8) is 0 Å². The molecule has 6 nitrogen and oxygen atoms in total. The zero-order valence-electron chi connectivity index (χ0n) is 18.5. The van der Waals surface area contributed by atoms with Crippen molar-refractivity contribution in [1.29, 1.82) is 0 Å². The van der Waals surface area contributed by atoms with Gasteiger partial charge in [0.25, 0.3) is 0 Å². The average molecular weight is 436 g/mol. The van der Waals surface area contributed by atoms with Gasteiger partial charge < -0.3 is 14.3 Å². The van der Waals surface area contributed by atoms with E-state index in [-0.39, 0.29) is 6.04 Å². The number of fused-ring (bicyclic) bond motifs is 3. The third kappa shape index (κ3) is 3.49. The number of aromatic amines is 1. The number of para-hydroxylation sites is 1. The zero-order valence-corrected chi connectivity index (χ0v) is 18.5. The highest BCUT2D eigenvalue weighted by Crippen LogP contribution is 2.38. The Bertz CT molecular complexity index is 1390. The van der Waals surface area contributed by atoms with Gasteiger partial charge in [-0.25, -0.2) is 4.98 Å². The van der Waals surface area contributed by atoms with Gasteiger partial charge in [-0.05, 0) is 54.4 Å². The van der Waals surface area contributed by atoms with Gasteiger partial charge in [0.15, 0.2) is 0 Å². The number of hydrogen-bond donors (Lipinski definition) is 1. The van der Waals surface area contributed by atoms with Gasteiger partial charge in [-0.15, -0.1) is 0 Å². The molecule has 2 aromatic carbocycles. The predicted octanol–water partition coefficient (Wildman–Crippen LogP) is 4.90. The van der Waals surface area contributed by atoms with E-state index in [1.807, 2.05) is 36.8 Å². The number of hydrogen-bond acceptors (Lipinski definition) is 4. The first kappa shape index (κ1) is 19.8. The van der Waals surface area contributed by atoms with E-state index in [0.717, 1.165) is 42.5 Å². The van der Waals surface area contributed by atoms with Crippen molar-refractivity contribution in [3.8, 4) is 11.4 Å². The van der Waals surface area contributed by atoms with Crippen LogP contribution >= 0.6 is 0 Å². The third-order valence-corrected chi connectivity index (χ3v) is 6.51. The van der Waals surface area contributed by atoms with Crippen LogP contribution in [0.4, 0.5) is 0 Å². The topological polar surface area (TPSA) is 59.0 Å². The molecule has 0 saturated heterocycles. The van der Waals surface area contributed by atoms with E-state index in [1.54, 1.807) is 7.11 Å². The fraction of sp³-hybridized carbons (Fsp3) is 0.185. The van der Waals surface area contributed by atoms with Gasteiger partial charge in [-0.2, -0.15) is 0 Å². The van der Waals surface area contributed by atoms with Crippen molar-refractivity contribution in [2.45, 2.75) is 19.0 Å². The highest BCUT2D eigenvalue weighted by Gasteiger charge is 2.33. The van der Waals surface area contributed by atoms with E-state index in [2.05, 4.69) is 63.0 Å². The number of methoxy groups -OCH3 is 1. The van der Waals surface area contributed by atoms with Gasteiger partial charge in [-0.3, -0.25) is 9.88 Å². The molecule has 0 fully saturated rings. The molecule has 6 heteroatoms. The monoisotopic (exact) mass is 435 g/mol. The quantitative estimate of drug-likeness (QED) is 0.426. The summed E-state index contributed by atoms with van der Waals surface area (Å²) in [6, 6.07) is 22.9. The lowest BCUT2D eigenvalue weighted by Crippen LogP contribution is -2.36. The van der Waals surface area contributed by atoms with Crippen LogP contribution < -0.4 is 4.74 Å². The number of H-pyrrole nitrogens is 1. The zero-order chi connectivity index (χ0) is 22.2. The first-order valence-corrected chi connectivity index (χ1v) is 11.2. The highest BCUT2D eigenvalue weighted by molar-refractivity contribution is 5.85. The molecule has 1 aliphatic rings. The summed E-state index contributed by atoms with van der Waals surface area (Å²) in [7, 11) is 1.68. The third-order valence-electron chi connectivity index (χ3n) is 6.51. The lowest BCUT2D eigenvalue weighted by atomic mass is 9.95. The number of pyridine rings is 1. The Labute approximate surface area is 192 Å². The molecule has 5 aromatic rings. The lowest BCUT2D eigenvalue weighted by Gasteiger charge is -2.35. The Morgan fingerprint density at radius 1 is 0.970 bits per heavy atom. The summed E-state index contributed by atoms with van der Waals surface area (Å²) in [5.74, 6) is 1.85. The fourth-order valence-corrected chi connectivity index (χ4v) is 4.94. The van der Waals surface area contributed by atoms with Gasteiger partial charge in [0.05, 0.1) is 25.4 Å². The minimum absolute atomic E-state index is 0.0448. The van der Waals surface area contributed by atoms with Crippen molar-refractivity contribution in [1.82, 2.24) is 24.4 Å². The Hall–Kier alpha value is -3.90. The number of imidazole rings is 1. The van der Waals surface area contributed by atoms with Crippen LogP contribution in [-0.2, 0) is 13.0 Å². The van der Waals surface area contributed by atoms with E-state index < -0.39 is 0 Å². The van der Waals surface area contributed by atoms with Crippen molar-refractivity contribution < 1.29 is 4.74 Å². The minimum atomic E-state index is 0.0448. The maximum atomic E-state index is 5.32. The molecule has 4 heterocycles. The van der Waals surface area contributed by atoms with Crippen LogP contribution in [-0.4, -0.2) is 38.1 Å². The van der Waals surface area contributed by atoms with Gasteiger partial charge in [0.1, 0.15) is 11.6 Å². The van der Waals surface area contributed by atoms with E-state index in [1.165, 1.54) is 22.2 Å². The van der Waals surface area contributed by atoms with Gasteiger partial charge >= 0.3 is 0 Å². The van der Waals surface area contributed by atoms with Gasteiger partial charge in [0.2, 0.25) is 0 Å². The molecule has 6 rings (SSSR count). The number of ether oxygens (including phenoxy) is 1. The standard InChI is InChI=1S/C27H25N5O/c1-33-20-11-9-19(10-12-20)32-17-15-29-25(32)18-31-16-13-22-21-6-2-3-7-23(21)30-26(22)27(31)24-8-4-5-14-28-24/h2-12,14-15,17,27,30H,13,16,18H2,1H3. The molecule has 1 atom stereocenters. The molecular weight excluding hydrogens is 410 g/mol. The van der Waals surface area contributed by atoms with Crippen LogP contribution in [0.1, 0.15) is 28.8 Å². The molecule has 0 saturated carbocycles. The van der Waals surface area contributed by atoms with E-state index in [0.29, 0.717) is 0 Å². The summed E-state index contributed by atoms with van der Waals surface area (Å²) in [6.07, 6.45) is 6.76. The molecule has 0 amide bonds. The van der Waals surface area contributed by atoms with Gasteiger partial charge in [-0.1, -0.05) is 24.3 Å². The maximum absolute atomic E-state index is 5.32. The molecule has 3 aromatic heterocycles. The second-order valence-corrected chi connectivity index (χ2v) is 8.35. The van der Waals surface area contributed by atoms with Crippen LogP contribution in [0.3, 0.4) is 0 Å². The summed E-state index contributed by atoms with van der Waals surface area (Å²) < 4.78 is 7.46. The molecule has 0 spiro atoms. The SMILES string of the molecule is COc1ccc(-n2ccnc2CN2CCc3c([nH]c4ccccc34)C2c2ccccn2)cc1. The van der Waals surface area contributed by atoms with Crippen molar-refractivity contribution in [2.75, 3.05) is 13.7 Å². The Morgan fingerprint density at radius 2 is 1.82 bits per heavy atom. The second-order valence-electron chi connectivity index (χ2n) is 8.35. The second kappa shape index (κ2) is 8.22. The molecule has 0 aliphatic carbocycles. The summed E-state index contributed by atoms with van der Waals surface area (Å²) in [5.41, 5.74) is 5.94. The molecule has 164 valence electrons. The number of nitrogens with one attached hydrogen (secondary N) is 1. The van der Waals surface area contributed by atoms with E-state index >= 15 is 0 Å². The maximum Gasteiger partial charge on any atom is 0.127 e. The number of benzene rings is 2. The van der Waals surface area contributed by atoms with Crippen LogP contribution in [0.2, 0.25) is 0 Å². The summed E-state index contributed by atoms with van der Waals surface area (Å²) in [5, 5.41) is 1.31. The summed E-state index contributed by atoms with van der Waals surface area (Å²) >= 11 is 0. The number of rotatable bonds is 5. The summed E-state index contributed by atoms with van der Waals surface area (Å²) in [6.45, 7) is 1.65.